The summed E-state index contributed by atoms with van der Waals surface area (Å²) < 4.78 is 9.25. The van der Waals surface area contributed by atoms with Crippen molar-refractivity contribution in [3.63, 3.8) is 0 Å². The van der Waals surface area contributed by atoms with Crippen LogP contribution >= 0.6 is 11.3 Å². The number of nitrogens with zero attached hydrogens (tertiary/aromatic N) is 1. The van der Waals surface area contributed by atoms with Crippen LogP contribution in [0.1, 0.15) is 73.9 Å². The van der Waals surface area contributed by atoms with Gasteiger partial charge in [0.15, 0.2) is 7.28 Å². The highest BCUT2D eigenvalue weighted by Crippen LogP contribution is 2.59. The van der Waals surface area contributed by atoms with Gasteiger partial charge in [0.2, 0.25) is 0 Å². The number of rotatable bonds is 5. The van der Waals surface area contributed by atoms with E-state index in [0.717, 1.165) is 45.3 Å². The van der Waals surface area contributed by atoms with Crippen LogP contribution in [0, 0.1) is 0 Å². The lowest BCUT2D eigenvalue weighted by atomic mass is 9.54. The molecule has 68 heavy (non-hydrogen) atoms. The molecule has 325 valence electrons. The molecular formula is C63H48BN2OS. The van der Waals surface area contributed by atoms with Crippen LogP contribution in [0.2, 0.25) is 0 Å². The van der Waals surface area contributed by atoms with Crippen molar-refractivity contribution in [3.05, 3.63) is 221 Å². The summed E-state index contributed by atoms with van der Waals surface area (Å²) in [6.07, 6.45) is 2.33. The molecule has 3 aliphatic rings. The first-order valence-corrected chi connectivity index (χ1v) is 24.9. The zero-order chi connectivity index (χ0) is 45.5. The number of anilines is 5. The number of furan rings is 1. The number of hydrogen-bond acceptors (Lipinski definition) is 4. The Morgan fingerprint density at radius 3 is 2.01 bits per heavy atom. The quantitative estimate of drug-likeness (QED) is 0.175. The minimum absolute atomic E-state index is 0.0615. The van der Waals surface area contributed by atoms with E-state index in [4.69, 9.17) is 4.42 Å². The molecule has 0 saturated heterocycles. The standard InChI is InChI=1S/C63H48BN2OS/c1-61(2)34-35-62(3,4)48-36-40(30-32-45(48)61)65-58-43(31-33-53-55(58)42-23-11-15-28-52(42)67-53)56-57-51(37-44-41-22-12-16-29-54(41)68-60(44)56)66-50-27-14-13-24-46(50)63(38-18-7-5-8-19-38,39-20-9-6-10-21-39)47-25-17-26-49(64-57)59(47)66/h5-33,36-37,65H,34-35H2,1-4H3. The van der Waals surface area contributed by atoms with Crippen LogP contribution < -0.4 is 21.1 Å². The van der Waals surface area contributed by atoms with Crippen molar-refractivity contribution in [3.8, 4) is 11.1 Å². The Morgan fingerprint density at radius 2 is 1.22 bits per heavy atom. The molecule has 0 spiro atoms. The summed E-state index contributed by atoms with van der Waals surface area (Å²) in [5.41, 5.74) is 19.8. The van der Waals surface area contributed by atoms with E-state index < -0.39 is 5.41 Å². The van der Waals surface area contributed by atoms with E-state index in [1.807, 2.05) is 11.3 Å². The lowest BCUT2D eigenvalue weighted by Gasteiger charge is -2.49. The minimum Gasteiger partial charge on any atom is -0.456 e. The number of fused-ring (bicyclic) bond motifs is 11. The molecule has 14 rings (SSSR count). The van der Waals surface area contributed by atoms with Crippen LogP contribution in [0.15, 0.2) is 192 Å². The van der Waals surface area contributed by atoms with Gasteiger partial charge in [-0.05, 0) is 117 Å². The molecule has 0 atom stereocenters. The Balaban J connectivity index is 1.08. The predicted octanol–water partition coefficient (Wildman–Crippen LogP) is 15.8. The second-order valence-corrected chi connectivity index (χ2v) is 21.5. The number of benzene rings is 9. The monoisotopic (exact) mass is 891 g/mol. The summed E-state index contributed by atoms with van der Waals surface area (Å²) in [6.45, 7) is 9.63. The van der Waals surface area contributed by atoms with Crippen LogP contribution in [-0.4, -0.2) is 7.28 Å². The van der Waals surface area contributed by atoms with E-state index in [9.17, 15) is 0 Å². The van der Waals surface area contributed by atoms with Crippen LogP contribution in [0.3, 0.4) is 0 Å². The molecule has 0 saturated carbocycles. The third-order valence-corrected chi connectivity index (χ3v) is 17.0. The molecule has 4 heterocycles. The Labute approximate surface area is 401 Å². The normalized spacial score (nSPS) is 16.0. The molecule has 1 N–H and O–H groups in total. The molecule has 2 aromatic heterocycles. The van der Waals surface area contributed by atoms with Gasteiger partial charge in [0.05, 0.1) is 22.2 Å². The molecule has 5 heteroatoms. The lowest BCUT2D eigenvalue weighted by molar-refractivity contribution is 0.332. The van der Waals surface area contributed by atoms with E-state index in [1.165, 1.54) is 93.5 Å². The molecule has 0 bridgehead atoms. The van der Waals surface area contributed by atoms with Crippen LogP contribution in [0.25, 0.3) is 53.2 Å². The zero-order valence-corrected chi connectivity index (χ0v) is 39.5. The fourth-order valence-electron chi connectivity index (χ4n) is 12.5. The average molecular weight is 892 g/mol. The third kappa shape index (κ3) is 5.48. The van der Waals surface area contributed by atoms with Crippen molar-refractivity contribution in [2.24, 2.45) is 0 Å². The number of nitrogens with one attached hydrogen (secondary N) is 1. The third-order valence-electron chi connectivity index (χ3n) is 15.8. The van der Waals surface area contributed by atoms with Gasteiger partial charge in [-0.25, -0.2) is 0 Å². The fourth-order valence-corrected chi connectivity index (χ4v) is 13.7. The first-order chi connectivity index (χ1) is 33.2. The second kappa shape index (κ2) is 14.3. The summed E-state index contributed by atoms with van der Waals surface area (Å²) in [5, 5.41) is 8.89. The van der Waals surface area contributed by atoms with Gasteiger partial charge in [-0.2, -0.15) is 0 Å². The van der Waals surface area contributed by atoms with E-state index in [2.05, 4.69) is 233 Å². The second-order valence-electron chi connectivity index (χ2n) is 20.5. The van der Waals surface area contributed by atoms with Crippen LogP contribution in [0.4, 0.5) is 28.4 Å². The van der Waals surface area contributed by atoms with E-state index in [-0.39, 0.29) is 10.8 Å². The van der Waals surface area contributed by atoms with Gasteiger partial charge in [0.1, 0.15) is 11.2 Å². The van der Waals surface area contributed by atoms with Gasteiger partial charge in [-0.1, -0.05) is 173 Å². The van der Waals surface area contributed by atoms with Crippen molar-refractivity contribution in [2.75, 3.05) is 10.2 Å². The highest BCUT2D eigenvalue weighted by molar-refractivity contribution is 7.26. The lowest BCUT2D eigenvalue weighted by Crippen LogP contribution is -2.47. The molecule has 1 radical (unpaired) electrons. The molecule has 9 aromatic carbocycles. The summed E-state index contributed by atoms with van der Waals surface area (Å²) in [6, 6.07) is 70.0. The largest absolute Gasteiger partial charge is 0.456 e. The molecule has 3 nitrogen and oxygen atoms in total. The Kier molecular flexibility index (Phi) is 8.39. The number of para-hydroxylation sites is 3. The molecule has 1 aliphatic carbocycles. The van der Waals surface area contributed by atoms with E-state index in [1.54, 1.807) is 0 Å². The maximum atomic E-state index is 6.70. The van der Waals surface area contributed by atoms with Gasteiger partial charge in [0.25, 0.3) is 0 Å². The highest BCUT2D eigenvalue weighted by Gasteiger charge is 2.49. The summed E-state index contributed by atoms with van der Waals surface area (Å²) in [5.74, 6) is 0. The smallest absolute Gasteiger partial charge is 0.197 e. The van der Waals surface area contributed by atoms with Gasteiger partial charge >= 0.3 is 0 Å². The number of thiophene rings is 1. The summed E-state index contributed by atoms with van der Waals surface area (Å²) >= 11 is 1.90. The SMILES string of the molecule is CC1(C)CCC(C)(C)c2cc(Nc3c(-c4c5c(cc6c4sc4ccccc46)N4c6ccccc6C(c6ccccc6)(c6ccccc6)c6cccc(c64)[B]5)ccc4oc5ccccc5c34)ccc21. The van der Waals surface area contributed by atoms with Gasteiger partial charge in [0, 0.05) is 48.2 Å². The Hall–Kier alpha value is -7.34. The first-order valence-electron chi connectivity index (χ1n) is 24.0. The van der Waals surface area contributed by atoms with Gasteiger partial charge in [-0.3, -0.25) is 0 Å². The van der Waals surface area contributed by atoms with E-state index >= 15 is 0 Å². The average Bonchev–Trinajstić information content (AvgIpc) is 3.94. The first kappa shape index (κ1) is 39.8. The zero-order valence-electron chi connectivity index (χ0n) is 38.7. The predicted molar refractivity (Wildman–Crippen MR) is 289 cm³/mol. The van der Waals surface area contributed by atoms with Crippen molar-refractivity contribution in [2.45, 2.75) is 56.8 Å². The maximum absolute atomic E-state index is 6.70. The fraction of sp³-hybridized carbons (Fsp3) is 0.143. The summed E-state index contributed by atoms with van der Waals surface area (Å²) in [4.78, 5) is 2.60. The van der Waals surface area contributed by atoms with Crippen LogP contribution in [-0.2, 0) is 16.2 Å². The molecule has 2 aliphatic heterocycles. The van der Waals surface area contributed by atoms with Crippen molar-refractivity contribution < 1.29 is 4.42 Å². The van der Waals surface area contributed by atoms with Crippen LogP contribution in [0.5, 0.6) is 0 Å². The maximum Gasteiger partial charge on any atom is 0.197 e. The molecule has 0 fully saturated rings. The Morgan fingerprint density at radius 1 is 0.544 bits per heavy atom. The molecule has 11 aromatic rings. The summed E-state index contributed by atoms with van der Waals surface area (Å²) in [7, 11) is 2.49. The van der Waals surface area contributed by atoms with E-state index in [0.29, 0.717) is 0 Å². The van der Waals surface area contributed by atoms with Crippen molar-refractivity contribution in [1.82, 2.24) is 0 Å². The minimum atomic E-state index is -0.558. The van der Waals surface area contributed by atoms with Gasteiger partial charge < -0.3 is 14.6 Å². The molecule has 0 unspecified atom stereocenters. The van der Waals surface area contributed by atoms with Gasteiger partial charge in [-0.15, -0.1) is 11.3 Å². The highest BCUT2D eigenvalue weighted by atomic mass is 32.1. The Bertz CT molecular complexity index is 3840. The topological polar surface area (TPSA) is 28.4 Å². The number of hydrogen-bond donors (Lipinski definition) is 1. The molecular weight excluding hydrogens is 844 g/mol. The van der Waals surface area contributed by atoms with Crippen molar-refractivity contribution >= 4 is 100 Å². The van der Waals surface area contributed by atoms with Crippen molar-refractivity contribution in [1.29, 1.82) is 0 Å². The molecule has 0 amide bonds.